The Balaban J connectivity index is 1.26. The van der Waals surface area contributed by atoms with Gasteiger partial charge in [0.2, 0.25) is 5.91 Å². The van der Waals surface area contributed by atoms with Gasteiger partial charge < -0.3 is 24.6 Å². The molecule has 2 fully saturated rings. The Labute approximate surface area is 199 Å². The van der Waals surface area contributed by atoms with Crippen molar-refractivity contribution in [1.29, 1.82) is 0 Å². The Morgan fingerprint density at radius 3 is 2.26 bits per heavy atom. The standard InChI is InChI=1S/C24H30N6O3S/c1-34(32,33)21-5-3-20(4-6-21)27-14-16-28(17-15-27)22-7-2-19-8-11-30(24(19)26-22)18-23(31)29-12-9-25-10-13-29/h2-8,11,25H,9-10,12-18H2,1H3. The van der Waals surface area contributed by atoms with E-state index in [4.69, 9.17) is 4.98 Å². The zero-order valence-electron chi connectivity index (χ0n) is 19.4. The van der Waals surface area contributed by atoms with Gasteiger partial charge in [0.15, 0.2) is 9.84 Å². The zero-order chi connectivity index (χ0) is 23.7. The summed E-state index contributed by atoms with van der Waals surface area (Å²) in [7, 11) is -3.19. The maximum Gasteiger partial charge on any atom is 0.242 e. The van der Waals surface area contributed by atoms with E-state index in [1.54, 1.807) is 12.1 Å². The molecule has 3 aromatic rings. The molecule has 5 rings (SSSR count). The molecule has 0 aliphatic carbocycles. The molecule has 0 saturated carbocycles. The normalized spacial score (nSPS) is 17.4. The van der Waals surface area contributed by atoms with Gasteiger partial charge in [0, 0.05) is 75.9 Å². The maximum atomic E-state index is 12.7. The largest absolute Gasteiger partial charge is 0.368 e. The van der Waals surface area contributed by atoms with Crippen molar-refractivity contribution in [2.75, 3.05) is 68.4 Å². The molecule has 0 bridgehead atoms. The van der Waals surface area contributed by atoms with Crippen LogP contribution >= 0.6 is 0 Å². The van der Waals surface area contributed by atoms with E-state index in [2.05, 4.69) is 21.2 Å². The number of anilines is 2. The number of carbonyl (C=O) groups excluding carboxylic acids is 1. The maximum absolute atomic E-state index is 12.7. The van der Waals surface area contributed by atoms with Crippen LogP contribution in [0.5, 0.6) is 0 Å². The molecule has 1 amide bonds. The monoisotopic (exact) mass is 482 g/mol. The van der Waals surface area contributed by atoms with E-state index in [0.717, 1.165) is 74.9 Å². The third-order valence-corrected chi connectivity index (χ3v) is 7.73. The molecule has 180 valence electrons. The van der Waals surface area contributed by atoms with Crippen molar-refractivity contribution < 1.29 is 13.2 Å². The fourth-order valence-electron chi connectivity index (χ4n) is 4.61. The Kier molecular flexibility index (Phi) is 6.18. The van der Waals surface area contributed by atoms with Gasteiger partial charge in [-0.25, -0.2) is 13.4 Å². The van der Waals surface area contributed by atoms with Crippen molar-refractivity contribution in [3.63, 3.8) is 0 Å². The van der Waals surface area contributed by atoms with Gasteiger partial charge >= 0.3 is 0 Å². The average Bonchev–Trinajstić information content (AvgIpc) is 3.26. The molecule has 2 aliphatic rings. The average molecular weight is 483 g/mol. The van der Waals surface area contributed by atoms with Crippen LogP contribution in [-0.2, 0) is 21.2 Å². The molecule has 0 unspecified atom stereocenters. The van der Waals surface area contributed by atoms with Gasteiger partial charge in [-0.05, 0) is 42.5 Å². The highest BCUT2D eigenvalue weighted by Gasteiger charge is 2.21. The fraction of sp³-hybridized carbons (Fsp3) is 0.417. The van der Waals surface area contributed by atoms with Crippen molar-refractivity contribution in [3.05, 3.63) is 48.7 Å². The van der Waals surface area contributed by atoms with Crippen LogP contribution in [0.3, 0.4) is 0 Å². The number of aromatic nitrogens is 2. The number of fused-ring (bicyclic) bond motifs is 1. The van der Waals surface area contributed by atoms with E-state index in [9.17, 15) is 13.2 Å². The third-order valence-electron chi connectivity index (χ3n) is 6.61. The minimum atomic E-state index is -3.19. The van der Waals surface area contributed by atoms with Crippen molar-refractivity contribution in [1.82, 2.24) is 19.8 Å². The minimum Gasteiger partial charge on any atom is -0.368 e. The number of nitrogens with zero attached hydrogens (tertiary/aromatic N) is 5. The Hall–Kier alpha value is -3.11. The van der Waals surface area contributed by atoms with Gasteiger partial charge in [-0.2, -0.15) is 0 Å². The molecule has 4 heterocycles. The predicted molar refractivity (Wildman–Crippen MR) is 133 cm³/mol. The number of rotatable bonds is 5. The molecular weight excluding hydrogens is 452 g/mol. The van der Waals surface area contributed by atoms with Crippen LogP contribution in [0.4, 0.5) is 11.5 Å². The topological polar surface area (TPSA) is 90.8 Å². The van der Waals surface area contributed by atoms with Crippen LogP contribution in [0.1, 0.15) is 0 Å². The number of sulfone groups is 1. The number of carbonyl (C=O) groups is 1. The molecule has 0 radical (unpaired) electrons. The lowest BCUT2D eigenvalue weighted by atomic mass is 10.2. The van der Waals surface area contributed by atoms with Crippen molar-refractivity contribution >= 4 is 38.3 Å². The van der Waals surface area contributed by atoms with Crippen molar-refractivity contribution in [2.24, 2.45) is 0 Å². The van der Waals surface area contributed by atoms with Gasteiger partial charge in [0.1, 0.15) is 18.0 Å². The van der Waals surface area contributed by atoms with E-state index in [0.29, 0.717) is 11.4 Å². The third kappa shape index (κ3) is 4.74. The van der Waals surface area contributed by atoms with Gasteiger partial charge in [-0.15, -0.1) is 0 Å². The number of nitrogens with one attached hydrogen (secondary N) is 1. The summed E-state index contributed by atoms with van der Waals surface area (Å²) in [6.07, 6.45) is 3.17. The second kappa shape index (κ2) is 9.27. The summed E-state index contributed by atoms with van der Waals surface area (Å²) in [4.78, 5) is 24.4. The summed E-state index contributed by atoms with van der Waals surface area (Å²) in [6, 6.07) is 13.2. The highest BCUT2D eigenvalue weighted by molar-refractivity contribution is 7.90. The van der Waals surface area contributed by atoms with Crippen LogP contribution in [0.25, 0.3) is 11.0 Å². The first-order valence-electron chi connectivity index (χ1n) is 11.6. The summed E-state index contributed by atoms with van der Waals surface area (Å²) in [5.74, 6) is 1.04. The number of hydrogen-bond donors (Lipinski definition) is 1. The van der Waals surface area contributed by atoms with Crippen LogP contribution in [0.15, 0.2) is 53.6 Å². The van der Waals surface area contributed by atoms with Crippen molar-refractivity contribution in [2.45, 2.75) is 11.4 Å². The fourth-order valence-corrected chi connectivity index (χ4v) is 5.24. The summed E-state index contributed by atoms with van der Waals surface area (Å²) in [5.41, 5.74) is 1.86. The van der Waals surface area contributed by atoms with Gasteiger partial charge in [0.25, 0.3) is 0 Å². The van der Waals surface area contributed by atoms with Crippen LogP contribution in [-0.4, -0.2) is 87.4 Å². The molecule has 2 aliphatic heterocycles. The Morgan fingerprint density at radius 1 is 0.912 bits per heavy atom. The molecule has 2 saturated heterocycles. The zero-order valence-corrected chi connectivity index (χ0v) is 20.2. The van der Waals surface area contributed by atoms with Gasteiger partial charge in [0.05, 0.1) is 4.90 Å². The molecule has 0 spiro atoms. The lowest BCUT2D eigenvalue weighted by molar-refractivity contribution is -0.132. The highest BCUT2D eigenvalue weighted by Crippen LogP contribution is 2.23. The van der Waals surface area contributed by atoms with E-state index < -0.39 is 9.84 Å². The number of benzene rings is 1. The molecule has 1 aromatic carbocycles. The van der Waals surface area contributed by atoms with Crippen LogP contribution < -0.4 is 15.1 Å². The lowest BCUT2D eigenvalue weighted by Gasteiger charge is -2.36. The van der Waals surface area contributed by atoms with Crippen LogP contribution in [0, 0.1) is 0 Å². The minimum absolute atomic E-state index is 0.127. The van der Waals surface area contributed by atoms with Gasteiger partial charge in [-0.1, -0.05) is 0 Å². The summed E-state index contributed by atoms with van der Waals surface area (Å²) < 4.78 is 25.4. The Bertz CT molecular complexity index is 1270. The summed E-state index contributed by atoms with van der Waals surface area (Å²) in [5, 5.41) is 4.31. The SMILES string of the molecule is CS(=O)(=O)c1ccc(N2CCN(c3ccc4ccn(CC(=O)N5CCNCC5)c4n3)CC2)cc1. The van der Waals surface area contributed by atoms with Crippen molar-refractivity contribution in [3.8, 4) is 0 Å². The molecule has 1 N–H and O–H groups in total. The highest BCUT2D eigenvalue weighted by atomic mass is 32.2. The van der Waals surface area contributed by atoms with E-state index in [1.165, 1.54) is 6.26 Å². The molecule has 9 nitrogen and oxygen atoms in total. The second-order valence-corrected chi connectivity index (χ2v) is 10.9. The quantitative estimate of drug-likeness (QED) is 0.584. The summed E-state index contributed by atoms with van der Waals surface area (Å²) >= 11 is 0. The van der Waals surface area contributed by atoms with Gasteiger partial charge in [-0.3, -0.25) is 4.79 Å². The van der Waals surface area contributed by atoms with E-state index in [-0.39, 0.29) is 5.91 Å². The number of piperazine rings is 2. The van der Waals surface area contributed by atoms with Crippen LogP contribution in [0.2, 0.25) is 0 Å². The van der Waals surface area contributed by atoms with E-state index in [1.807, 2.05) is 39.9 Å². The number of amides is 1. The first-order valence-corrected chi connectivity index (χ1v) is 13.5. The predicted octanol–water partition coefficient (Wildman–Crippen LogP) is 1.20. The lowest BCUT2D eigenvalue weighted by Crippen LogP contribution is -2.47. The molecular formula is C24H30N6O3S. The Morgan fingerprint density at radius 2 is 1.59 bits per heavy atom. The molecule has 2 aromatic heterocycles. The first-order chi connectivity index (χ1) is 16.4. The number of hydrogen-bond acceptors (Lipinski definition) is 7. The summed E-state index contributed by atoms with van der Waals surface area (Å²) in [6.45, 7) is 6.75. The molecule has 0 atom stereocenters. The number of pyridine rings is 1. The van der Waals surface area contributed by atoms with E-state index >= 15 is 0 Å². The molecule has 10 heteroatoms. The molecule has 34 heavy (non-hydrogen) atoms. The smallest absolute Gasteiger partial charge is 0.242 e. The second-order valence-electron chi connectivity index (χ2n) is 8.90. The first kappa shape index (κ1) is 22.7.